The van der Waals surface area contributed by atoms with E-state index in [9.17, 15) is 4.79 Å². The summed E-state index contributed by atoms with van der Waals surface area (Å²) >= 11 is 0. The van der Waals surface area contributed by atoms with Crippen molar-refractivity contribution in [1.29, 1.82) is 0 Å². The molecule has 3 rings (SSSR count). The van der Waals surface area contributed by atoms with E-state index in [1.807, 2.05) is 22.0 Å². The molecule has 1 heterocycles. The molecule has 1 saturated carbocycles. The maximum atomic E-state index is 12.7. The third kappa shape index (κ3) is 2.39. The largest absolute Gasteiger partial charge is 0.338 e. The van der Waals surface area contributed by atoms with Gasteiger partial charge in [0.1, 0.15) is 0 Å². The lowest BCUT2D eigenvalue weighted by atomic mass is 9.92. The highest BCUT2D eigenvalue weighted by Crippen LogP contribution is 2.44. The molecule has 1 aromatic rings. The zero-order valence-corrected chi connectivity index (χ0v) is 12.3. The number of fused-ring (bicyclic) bond motifs is 2. The Bertz CT molecular complexity index is 520. The Labute approximate surface area is 120 Å². The molecule has 4 nitrogen and oxygen atoms in total. The highest BCUT2D eigenvalue weighted by molar-refractivity contribution is 5.80. The lowest BCUT2D eigenvalue weighted by Crippen LogP contribution is -2.37. The van der Waals surface area contributed by atoms with Crippen LogP contribution in [0.25, 0.3) is 0 Å². The Hall–Kier alpha value is -1.58. The van der Waals surface area contributed by atoms with E-state index >= 15 is 0 Å². The van der Waals surface area contributed by atoms with Crippen LogP contribution in [0, 0.1) is 17.8 Å². The number of rotatable bonds is 5. The van der Waals surface area contributed by atoms with Gasteiger partial charge in [-0.1, -0.05) is 12.2 Å². The number of nitrogens with zero attached hydrogens (tertiary/aromatic N) is 3. The molecule has 1 aromatic heterocycles. The van der Waals surface area contributed by atoms with Gasteiger partial charge in [-0.15, -0.1) is 0 Å². The van der Waals surface area contributed by atoms with Crippen LogP contribution in [0.5, 0.6) is 0 Å². The van der Waals surface area contributed by atoms with Crippen molar-refractivity contribution in [1.82, 2.24) is 14.7 Å². The average Bonchev–Trinajstić information content (AvgIpc) is 3.19. The number of carbonyl (C=O) groups excluding carboxylic acids is 1. The van der Waals surface area contributed by atoms with E-state index in [0.29, 0.717) is 24.3 Å². The van der Waals surface area contributed by atoms with Crippen LogP contribution < -0.4 is 0 Å². The summed E-state index contributed by atoms with van der Waals surface area (Å²) in [5, 5.41) is 4.28. The highest BCUT2D eigenvalue weighted by Gasteiger charge is 2.41. The molecule has 2 bridgehead atoms. The molecule has 0 spiro atoms. The zero-order valence-electron chi connectivity index (χ0n) is 12.3. The van der Waals surface area contributed by atoms with Crippen LogP contribution in [0.3, 0.4) is 0 Å². The topological polar surface area (TPSA) is 38.1 Å². The van der Waals surface area contributed by atoms with Crippen molar-refractivity contribution in [3.05, 3.63) is 30.1 Å². The van der Waals surface area contributed by atoms with Crippen molar-refractivity contribution in [2.24, 2.45) is 17.8 Å². The highest BCUT2D eigenvalue weighted by atomic mass is 16.2. The van der Waals surface area contributed by atoms with Gasteiger partial charge in [-0.2, -0.15) is 5.10 Å². The first-order chi connectivity index (χ1) is 9.71. The van der Waals surface area contributed by atoms with E-state index < -0.39 is 0 Å². The minimum Gasteiger partial charge on any atom is -0.338 e. The van der Waals surface area contributed by atoms with Crippen molar-refractivity contribution >= 4 is 5.91 Å². The van der Waals surface area contributed by atoms with Gasteiger partial charge in [-0.05, 0) is 38.5 Å². The fraction of sp³-hybridized carbons (Fsp3) is 0.625. The molecule has 0 saturated heterocycles. The Morgan fingerprint density at radius 3 is 2.80 bits per heavy atom. The first-order valence-electron chi connectivity index (χ1n) is 7.69. The molecule has 0 aromatic carbocycles. The first kappa shape index (κ1) is 13.4. The van der Waals surface area contributed by atoms with E-state index in [-0.39, 0.29) is 5.92 Å². The monoisotopic (exact) mass is 273 g/mol. The second-order valence-corrected chi connectivity index (χ2v) is 5.94. The maximum Gasteiger partial charge on any atom is 0.226 e. The second kappa shape index (κ2) is 5.43. The molecule has 1 amide bonds. The summed E-state index contributed by atoms with van der Waals surface area (Å²) in [6, 6.07) is 0. The molecule has 3 atom stereocenters. The zero-order chi connectivity index (χ0) is 14.1. The Balaban J connectivity index is 1.67. The van der Waals surface area contributed by atoms with Crippen LogP contribution in [-0.2, 0) is 17.9 Å². The van der Waals surface area contributed by atoms with E-state index in [1.165, 1.54) is 6.42 Å². The van der Waals surface area contributed by atoms with Gasteiger partial charge in [0.2, 0.25) is 5.91 Å². The molecule has 0 aliphatic heterocycles. The fourth-order valence-corrected chi connectivity index (χ4v) is 3.53. The smallest absolute Gasteiger partial charge is 0.226 e. The van der Waals surface area contributed by atoms with Crippen molar-refractivity contribution in [3.8, 4) is 0 Å². The number of hydrogen-bond donors (Lipinski definition) is 0. The number of allylic oxidation sites excluding steroid dienone is 2. The van der Waals surface area contributed by atoms with E-state index in [1.54, 1.807) is 0 Å². The van der Waals surface area contributed by atoms with Crippen molar-refractivity contribution in [3.63, 3.8) is 0 Å². The number of hydrogen-bond acceptors (Lipinski definition) is 2. The normalized spacial score (nSPS) is 27.2. The molecule has 108 valence electrons. The predicted octanol–water partition coefficient (Wildman–Crippen LogP) is 2.46. The predicted molar refractivity (Wildman–Crippen MR) is 77.8 cm³/mol. The second-order valence-electron chi connectivity index (χ2n) is 5.94. The van der Waals surface area contributed by atoms with E-state index in [4.69, 9.17) is 0 Å². The van der Waals surface area contributed by atoms with Gasteiger partial charge in [-0.25, -0.2) is 0 Å². The molecular formula is C16H23N3O. The summed E-state index contributed by atoms with van der Waals surface area (Å²) in [6.07, 6.45) is 10.7. The summed E-state index contributed by atoms with van der Waals surface area (Å²) in [4.78, 5) is 14.7. The fourth-order valence-electron chi connectivity index (χ4n) is 3.53. The molecular weight excluding hydrogens is 250 g/mol. The van der Waals surface area contributed by atoms with Crippen LogP contribution in [0.15, 0.2) is 24.5 Å². The van der Waals surface area contributed by atoms with Crippen LogP contribution in [0.2, 0.25) is 0 Å². The summed E-state index contributed by atoms with van der Waals surface area (Å²) in [5.74, 6) is 1.68. The van der Waals surface area contributed by atoms with Crippen LogP contribution in [0.4, 0.5) is 0 Å². The summed E-state index contributed by atoms with van der Waals surface area (Å²) in [7, 11) is 0. The van der Waals surface area contributed by atoms with Gasteiger partial charge in [0.15, 0.2) is 0 Å². The molecule has 4 heteroatoms. The molecule has 0 radical (unpaired) electrons. The minimum absolute atomic E-state index is 0.214. The Morgan fingerprint density at radius 1 is 1.40 bits per heavy atom. The minimum atomic E-state index is 0.214. The van der Waals surface area contributed by atoms with Gasteiger partial charge in [-0.3, -0.25) is 9.48 Å². The quantitative estimate of drug-likeness (QED) is 0.773. The van der Waals surface area contributed by atoms with Crippen molar-refractivity contribution in [2.45, 2.75) is 39.8 Å². The van der Waals surface area contributed by atoms with E-state index in [0.717, 1.165) is 25.1 Å². The summed E-state index contributed by atoms with van der Waals surface area (Å²) in [6.45, 7) is 6.46. The Morgan fingerprint density at radius 2 is 2.25 bits per heavy atom. The molecule has 20 heavy (non-hydrogen) atoms. The van der Waals surface area contributed by atoms with Crippen LogP contribution in [0.1, 0.15) is 32.3 Å². The number of aromatic nitrogens is 2. The number of aryl methyl sites for hydroxylation is 1. The number of carbonyl (C=O) groups is 1. The van der Waals surface area contributed by atoms with E-state index in [2.05, 4.69) is 31.1 Å². The average molecular weight is 273 g/mol. The molecule has 2 aliphatic rings. The van der Waals surface area contributed by atoms with Crippen LogP contribution in [-0.4, -0.2) is 27.1 Å². The van der Waals surface area contributed by atoms with Gasteiger partial charge in [0.25, 0.3) is 0 Å². The van der Waals surface area contributed by atoms with Gasteiger partial charge >= 0.3 is 0 Å². The van der Waals surface area contributed by atoms with Crippen molar-refractivity contribution in [2.75, 3.05) is 6.54 Å². The standard InChI is InChI=1S/C16H23N3O/c1-3-18(10-13-9-17-19(4-2)11-13)16(20)15-8-12-5-6-14(15)7-12/h5-6,9,11-12,14-15H,3-4,7-8,10H2,1-2H3/t12-,14+,15-/m1/s1. The molecule has 1 fully saturated rings. The third-order valence-corrected chi connectivity index (χ3v) is 4.67. The maximum absolute atomic E-state index is 12.7. The van der Waals surface area contributed by atoms with Crippen LogP contribution >= 0.6 is 0 Å². The third-order valence-electron chi connectivity index (χ3n) is 4.67. The molecule has 0 unspecified atom stereocenters. The first-order valence-corrected chi connectivity index (χ1v) is 7.69. The van der Waals surface area contributed by atoms with Gasteiger partial charge in [0.05, 0.1) is 6.20 Å². The SMILES string of the molecule is CCN(Cc1cnn(CC)c1)C(=O)[C@@H]1C[C@@H]2C=C[C@H]1C2. The molecule has 2 aliphatic carbocycles. The lowest BCUT2D eigenvalue weighted by molar-refractivity contribution is -0.136. The number of amides is 1. The lowest BCUT2D eigenvalue weighted by Gasteiger charge is -2.26. The summed E-state index contributed by atoms with van der Waals surface area (Å²) in [5.41, 5.74) is 1.13. The van der Waals surface area contributed by atoms with Gasteiger partial charge < -0.3 is 4.90 Å². The molecule has 0 N–H and O–H groups in total. The Kier molecular flexibility index (Phi) is 3.64. The van der Waals surface area contributed by atoms with Crippen molar-refractivity contribution < 1.29 is 4.79 Å². The summed E-state index contributed by atoms with van der Waals surface area (Å²) < 4.78 is 1.91. The van der Waals surface area contributed by atoms with Gasteiger partial charge in [0, 0.05) is 37.3 Å².